The third-order valence-electron chi connectivity index (χ3n) is 3.18. The van der Waals surface area contributed by atoms with Crippen LogP contribution in [-0.4, -0.2) is 47.5 Å². The van der Waals surface area contributed by atoms with Gasteiger partial charge in [0.1, 0.15) is 5.82 Å². The van der Waals surface area contributed by atoms with Crippen LogP contribution in [-0.2, 0) is 17.8 Å². The van der Waals surface area contributed by atoms with Gasteiger partial charge in [-0.2, -0.15) is 0 Å². The molecular weight excluding hydrogens is 216 g/mol. The molecule has 1 aliphatic rings. The molecule has 17 heavy (non-hydrogen) atoms. The summed E-state index contributed by atoms with van der Waals surface area (Å²) in [6, 6.07) is 0. The van der Waals surface area contributed by atoms with Crippen molar-refractivity contribution in [1.82, 2.24) is 19.8 Å². The van der Waals surface area contributed by atoms with E-state index >= 15 is 0 Å². The Balaban J connectivity index is 1.82. The lowest BCUT2D eigenvalue weighted by Gasteiger charge is -2.22. The van der Waals surface area contributed by atoms with E-state index in [1.54, 1.807) is 0 Å². The monoisotopic (exact) mass is 236 g/mol. The second kappa shape index (κ2) is 5.31. The fourth-order valence-corrected chi connectivity index (χ4v) is 2.12. The van der Waals surface area contributed by atoms with E-state index in [2.05, 4.69) is 19.8 Å². The van der Waals surface area contributed by atoms with Crippen molar-refractivity contribution in [3.63, 3.8) is 0 Å². The van der Waals surface area contributed by atoms with E-state index in [0.29, 0.717) is 0 Å². The van der Waals surface area contributed by atoms with Crippen LogP contribution in [0.1, 0.15) is 12.2 Å². The maximum atomic E-state index is 11.9. The van der Waals surface area contributed by atoms with Gasteiger partial charge in [0, 0.05) is 44.4 Å². The number of hydrogen-bond donors (Lipinski definition) is 1. The first-order chi connectivity index (χ1) is 8.16. The van der Waals surface area contributed by atoms with Gasteiger partial charge in [-0.05, 0) is 20.5 Å². The van der Waals surface area contributed by atoms with Gasteiger partial charge < -0.3 is 14.8 Å². The van der Waals surface area contributed by atoms with Crippen LogP contribution in [0.15, 0.2) is 12.4 Å². The minimum Gasteiger partial charge on any atom is -0.355 e. The van der Waals surface area contributed by atoms with Crippen molar-refractivity contribution in [3.05, 3.63) is 18.2 Å². The Morgan fingerprint density at radius 1 is 1.65 bits per heavy atom. The smallest absolute Gasteiger partial charge is 0.223 e. The third-order valence-corrected chi connectivity index (χ3v) is 3.18. The van der Waals surface area contributed by atoms with Gasteiger partial charge in [0.05, 0.1) is 0 Å². The molecule has 5 nitrogen and oxygen atoms in total. The molecule has 1 unspecified atom stereocenters. The van der Waals surface area contributed by atoms with Crippen molar-refractivity contribution in [2.75, 3.05) is 27.2 Å². The molecular formula is C12H20N4O. The van der Waals surface area contributed by atoms with Gasteiger partial charge in [0.15, 0.2) is 0 Å². The van der Waals surface area contributed by atoms with E-state index < -0.39 is 0 Å². The minimum absolute atomic E-state index is 0.0899. The molecule has 0 saturated heterocycles. The van der Waals surface area contributed by atoms with Crippen LogP contribution < -0.4 is 5.32 Å². The average Bonchev–Trinajstić information content (AvgIpc) is 2.75. The van der Waals surface area contributed by atoms with E-state index in [-0.39, 0.29) is 11.8 Å². The van der Waals surface area contributed by atoms with Crippen LogP contribution in [0.3, 0.4) is 0 Å². The highest BCUT2D eigenvalue weighted by atomic mass is 16.1. The van der Waals surface area contributed by atoms with E-state index in [4.69, 9.17) is 0 Å². The summed E-state index contributed by atoms with van der Waals surface area (Å²) < 4.78 is 2.13. The fraction of sp³-hybridized carbons (Fsp3) is 0.667. The summed E-state index contributed by atoms with van der Waals surface area (Å²) in [5.74, 6) is 1.29. The van der Waals surface area contributed by atoms with Gasteiger partial charge >= 0.3 is 0 Å². The molecule has 0 spiro atoms. The lowest BCUT2D eigenvalue weighted by molar-refractivity contribution is -0.125. The van der Waals surface area contributed by atoms with Crippen molar-refractivity contribution in [3.8, 4) is 0 Å². The van der Waals surface area contributed by atoms with Gasteiger partial charge in [-0.25, -0.2) is 4.98 Å². The molecule has 2 heterocycles. The number of nitrogens with zero attached hydrogens (tertiary/aromatic N) is 3. The number of amides is 1. The molecule has 1 aromatic heterocycles. The van der Waals surface area contributed by atoms with Crippen molar-refractivity contribution >= 4 is 5.91 Å². The second-order valence-electron chi connectivity index (χ2n) is 4.82. The number of fused-ring (bicyclic) bond motifs is 1. The SMILES string of the molecule is CN(C)CCNC(=O)C1CCn2ccnc2C1. The summed E-state index contributed by atoms with van der Waals surface area (Å²) in [5.41, 5.74) is 0. The average molecular weight is 236 g/mol. The predicted octanol–water partition coefficient (Wildman–Crippen LogP) is 0.123. The predicted molar refractivity (Wildman–Crippen MR) is 65.6 cm³/mol. The summed E-state index contributed by atoms with van der Waals surface area (Å²) in [6.07, 6.45) is 5.47. The summed E-state index contributed by atoms with van der Waals surface area (Å²) in [5, 5.41) is 2.99. The highest BCUT2D eigenvalue weighted by Crippen LogP contribution is 2.18. The first-order valence-electron chi connectivity index (χ1n) is 6.09. The Morgan fingerprint density at radius 2 is 2.47 bits per heavy atom. The van der Waals surface area contributed by atoms with Crippen molar-refractivity contribution in [2.45, 2.75) is 19.4 Å². The molecule has 0 aromatic carbocycles. The van der Waals surface area contributed by atoms with Crippen molar-refractivity contribution in [1.29, 1.82) is 0 Å². The molecule has 0 fully saturated rings. The van der Waals surface area contributed by atoms with Gasteiger partial charge in [-0.3, -0.25) is 4.79 Å². The highest BCUT2D eigenvalue weighted by molar-refractivity contribution is 5.78. The topological polar surface area (TPSA) is 50.2 Å². The molecule has 5 heteroatoms. The van der Waals surface area contributed by atoms with E-state index in [1.807, 2.05) is 26.5 Å². The number of rotatable bonds is 4. The number of imidazole rings is 1. The number of likely N-dealkylation sites (N-methyl/N-ethyl adjacent to an activating group) is 1. The maximum absolute atomic E-state index is 11.9. The number of aromatic nitrogens is 2. The third kappa shape index (κ3) is 3.06. The Labute approximate surface area is 102 Å². The number of nitrogens with one attached hydrogen (secondary N) is 1. The van der Waals surface area contributed by atoms with Gasteiger partial charge in [-0.15, -0.1) is 0 Å². The molecule has 1 atom stereocenters. The molecule has 94 valence electrons. The summed E-state index contributed by atoms with van der Waals surface area (Å²) in [7, 11) is 4.01. The maximum Gasteiger partial charge on any atom is 0.223 e. The van der Waals surface area contributed by atoms with Crippen LogP contribution in [0.25, 0.3) is 0 Å². The number of carbonyl (C=O) groups is 1. The molecule has 1 amide bonds. The molecule has 1 aliphatic heterocycles. The van der Waals surface area contributed by atoms with Crippen LogP contribution >= 0.6 is 0 Å². The number of hydrogen-bond acceptors (Lipinski definition) is 3. The van der Waals surface area contributed by atoms with Crippen LogP contribution in [0, 0.1) is 5.92 Å². The van der Waals surface area contributed by atoms with E-state index in [0.717, 1.165) is 38.3 Å². The molecule has 0 saturated carbocycles. The summed E-state index contributed by atoms with van der Waals surface area (Å²) >= 11 is 0. The summed E-state index contributed by atoms with van der Waals surface area (Å²) in [4.78, 5) is 18.3. The lowest BCUT2D eigenvalue weighted by atomic mass is 9.97. The van der Waals surface area contributed by atoms with Gasteiger partial charge in [0.25, 0.3) is 0 Å². The number of aryl methyl sites for hydroxylation is 1. The molecule has 0 radical (unpaired) electrons. The zero-order valence-corrected chi connectivity index (χ0v) is 10.5. The Morgan fingerprint density at radius 3 is 3.24 bits per heavy atom. The zero-order chi connectivity index (χ0) is 12.3. The second-order valence-corrected chi connectivity index (χ2v) is 4.82. The quantitative estimate of drug-likeness (QED) is 0.808. The fourth-order valence-electron chi connectivity index (χ4n) is 2.12. The highest BCUT2D eigenvalue weighted by Gasteiger charge is 2.24. The zero-order valence-electron chi connectivity index (χ0n) is 10.5. The number of carbonyl (C=O) groups excluding carboxylic acids is 1. The standard InChI is InChI=1S/C12H20N4O/c1-15(2)7-4-14-12(17)10-3-6-16-8-5-13-11(16)9-10/h5,8,10H,3-4,6-7,9H2,1-2H3,(H,14,17). The normalized spacial score (nSPS) is 19.1. The molecule has 1 aromatic rings. The molecule has 0 aliphatic carbocycles. The minimum atomic E-state index is 0.0899. The summed E-state index contributed by atoms with van der Waals surface area (Å²) in [6.45, 7) is 2.50. The molecule has 2 rings (SSSR count). The van der Waals surface area contributed by atoms with E-state index in [9.17, 15) is 4.79 Å². The van der Waals surface area contributed by atoms with Crippen molar-refractivity contribution in [2.24, 2.45) is 5.92 Å². The van der Waals surface area contributed by atoms with Gasteiger partial charge in [0.2, 0.25) is 5.91 Å². The Kier molecular flexibility index (Phi) is 3.78. The Bertz CT molecular complexity index is 386. The first kappa shape index (κ1) is 12.1. The molecule has 1 N–H and O–H groups in total. The lowest BCUT2D eigenvalue weighted by Crippen LogP contribution is -2.38. The van der Waals surface area contributed by atoms with E-state index in [1.165, 1.54) is 0 Å². The first-order valence-corrected chi connectivity index (χ1v) is 6.09. The largest absolute Gasteiger partial charge is 0.355 e. The van der Waals surface area contributed by atoms with Crippen LogP contribution in [0.2, 0.25) is 0 Å². The Hall–Kier alpha value is -1.36. The molecule has 0 bridgehead atoms. The van der Waals surface area contributed by atoms with Crippen molar-refractivity contribution < 1.29 is 4.79 Å². The van der Waals surface area contributed by atoms with Crippen LogP contribution in [0.5, 0.6) is 0 Å². The van der Waals surface area contributed by atoms with Gasteiger partial charge in [-0.1, -0.05) is 0 Å². The van der Waals surface area contributed by atoms with Crippen LogP contribution in [0.4, 0.5) is 0 Å².